The summed E-state index contributed by atoms with van der Waals surface area (Å²) < 4.78 is 33.3. The lowest BCUT2D eigenvalue weighted by atomic mass is 9.96. The number of sulfonamides is 1. The molecule has 1 amide bonds. The smallest absolute Gasteiger partial charge is 0.238 e. The van der Waals surface area contributed by atoms with Crippen LogP contribution in [0.4, 0.5) is 11.5 Å². The summed E-state index contributed by atoms with van der Waals surface area (Å²) in [6.45, 7) is 3.17. The number of piperidine rings is 1. The predicted octanol–water partition coefficient (Wildman–Crippen LogP) is 4.43. The van der Waals surface area contributed by atoms with Crippen molar-refractivity contribution in [1.82, 2.24) is 14.7 Å². The van der Waals surface area contributed by atoms with Crippen LogP contribution in [0, 0.1) is 5.92 Å². The number of anilines is 2. The van der Waals surface area contributed by atoms with E-state index in [-0.39, 0.29) is 11.7 Å². The molecule has 4 heterocycles. The van der Waals surface area contributed by atoms with Crippen molar-refractivity contribution < 1.29 is 17.6 Å². The number of amides is 1. The molecule has 9 nitrogen and oxygen atoms in total. The Morgan fingerprint density at radius 1 is 1.28 bits per heavy atom. The summed E-state index contributed by atoms with van der Waals surface area (Å²) in [6.07, 6.45) is 8.45. The molecule has 12 heteroatoms. The highest BCUT2D eigenvalue weighted by Crippen LogP contribution is 2.31. The fourth-order valence-corrected chi connectivity index (χ4v) is 5.85. The van der Waals surface area contributed by atoms with Gasteiger partial charge in [-0.2, -0.15) is 0 Å². The van der Waals surface area contributed by atoms with Gasteiger partial charge in [-0.3, -0.25) is 9.52 Å². The van der Waals surface area contributed by atoms with Crippen LogP contribution >= 0.6 is 22.9 Å². The van der Waals surface area contributed by atoms with E-state index < -0.39 is 15.9 Å². The van der Waals surface area contributed by atoms with Crippen molar-refractivity contribution >= 4 is 56.4 Å². The Hall–Kier alpha value is -2.89. The van der Waals surface area contributed by atoms with Gasteiger partial charge in [0.15, 0.2) is 5.82 Å². The summed E-state index contributed by atoms with van der Waals surface area (Å²) in [4.78, 5) is 24.5. The van der Waals surface area contributed by atoms with Gasteiger partial charge in [0.25, 0.3) is 0 Å². The van der Waals surface area contributed by atoms with E-state index in [0.29, 0.717) is 36.2 Å². The molecule has 0 bridgehead atoms. The minimum absolute atomic E-state index is 0.279. The monoisotopic (exact) mass is 549 g/mol. The highest BCUT2D eigenvalue weighted by molar-refractivity contribution is 7.90. The first-order valence-electron chi connectivity index (χ1n) is 11.6. The first-order chi connectivity index (χ1) is 17.3. The quantitative estimate of drug-likeness (QED) is 0.402. The van der Waals surface area contributed by atoms with Gasteiger partial charge >= 0.3 is 0 Å². The third-order valence-electron chi connectivity index (χ3n) is 5.90. The summed E-state index contributed by atoms with van der Waals surface area (Å²) in [5.41, 5.74) is 1.60. The number of hydrogen-bond acceptors (Lipinski definition) is 9. The molecule has 3 aromatic rings. The molecule has 0 aliphatic carbocycles. The van der Waals surface area contributed by atoms with Crippen molar-refractivity contribution in [2.24, 2.45) is 5.92 Å². The summed E-state index contributed by atoms with van der Waals surface area (Å²) in [5, 5.41) is 3.18. The lowest BCUT2D eigenvalue weighted by Gasteiger charge is -2.33. The zero-order chi connectivity index (χ0) is 25.7. The number of carbonyl (C=O) groups is 1. The minimum Gasteiger partial charge on any atom is -0.441 e. The van der Waals surface area contributed by atoms with E-state index >= 15 is 0 Å². The van der Waals surface area contributed by atoms with E-state index in [4.69, 9.17) is 16.0 Å². The SMILES string of the molecule is CCc1cnc(-c2cnc(N3CCC(C(=O)NS(=O)(=O)CC=Cc4ccc(Cl)s4)CC3)c(NC)c2)o1. The number of nitrogens with one attached hydrogen (secondary N) is 2. The Morgan fingerprint density at radius 3 is 2.69 bits per heavy atom. The second-order valence-electron chi connectivity index (χ2n) is 8.38. The van der Waals surface area contributed by atoms with Crippen LogP contribution in [0.25, 0.3) is 17.5 Å². The van der Waals surface area contributed by atoms with Gasteiger partial charge in [-0.15, -0.1) is 11.3 Å². The number of nitrogens with zero attached hydrogens (tertiary/aromatic N) is 3. The van der Waals surface area contributed by atoms with E-state index in [0.717, 1.165) is 34.1 Å². The van der Waals surface area contributed by atoms with Gasteiger partial charge < -0.3 is 14.6 Å². The second-order valence-corrected chi connectivity index (χ2v) is 11.9. The number of oxazole rings is 1. The van der Waals surface area contributed by atoms with Crippen molar-refractivity contribution in [1.29, 1.82) is 0 Å². The van der Waals surface area contributed by atoms with E-state index in [1.54, 1.807) is 30.6 Å². The van der Waals surface area contributed by atoms with Gasteiger partial charge in [0.2, 0.25) is 21.8 Å². The molecule has 0 aromatic carbocycles. The average Bonchev–Trinajstić information content (AvgIpc) is 3.52. The normalized spacial score (nSPS) is 14.9. The van der Waals surface area contributed by atoms with Gasteiger partial charge in [-0.05, 0) is 37.1 Å². The summed E-state index contributed by atoms with van der Waals surface area (Å²) in [7, 11) is -1.94. The number of halogens is 1. The molecule has 1 fully saturated rings. The lowest BCUT2D eigenvalue weighted by molar-refractivity contribution is -0.123. The zero-order valence-corrected chi connectivity index (χ0v) is 22.4. The van der Waals surface area contributed by atoms with Crippen LogP contribution in [-0.2, 0) is 21.2 Å². The zero-order valence-electron chi connectivity index (χ0n) is 20.0. The molecule has 4 rings (SSSR count). The summed E-state index contributed by atoms with van der Waals surface area (Å²) in [5.74, 6) is 0.982. The molecule has 0 saturated carbocycles. The number of aryl methyl sites for hydroxylation is 1. The Balaban J connectivity index is 1.33. The molecular formula is C24H28ClN5O4S2. The molecule has 0 atom stereocenters. The summed E-state index contributed by atoms with van der Waals surface area (Å²) in [6, 6.07) is 5.49. The van der Waals surface area contributed by atoms with Crippen molar-refractivity contribution in [3.8, 4) is 11.5 Å². The molecule has 1 aliphatic heterocycles. The van der Waals surface area contributed by atoms with Crippen LogP contribution in [-0.4, -0.2) is 50.2 Å². The Kier molecular flexibility index (Phi) is 8.32. The van der Waals surface area contributed by atoms with Gasteiger partial charge in [0, 0.05) is 43.5 Å². The molecule has 1 saturated heterocycles. The van der Waals surface area contributed by atoms with Crippen LogP contribution in [0.1, 0.15) is 30.4 Å². The molecule has 0 unspecified atom stereocenters. The van der Waals surface area contributed by atoms with E-state index in [9.17, 15) is 13.2 Å². The highest BCUT2D eigenvalue weighted by Gasteiger charge is 2.29. The molecule has 0 spiro atoms. The van der Waals surface area contributed by atoms with Crippen LogP contribution in [0.2, 0.25) is 4.34 Å². The van der Waals surface area contributed by atoms with Crippen molar-refractivity contribution in [3.05, 3.63) is 51.6 Å². The molecule has 3 aromatic heterocycles. The van der Waals surface area contributed by atoms with Gasteiger partial charge in [-0.1, -0.05) is 24.6 Å². The van der Waals surface area contributed by atoms with Gasteiger partial charge in [-0.25, -0.2) is 18.4 Å². The minimum atomic E-state index is -3.77. The first kappa shape index (κ1) is 26.2. The Bertz CT molecular complexity index is 1340. The molecule has 0 radical (unpaired) electrons. The van der Waals surface area contributed by atoms with Crippen LogP contribution in [0.3, 0.4) is 0 Å². The van der Waals surface area contributed by atoms with Crippen LogP contribution in [0.5, 0.6) is 0 Å². The topological polar surface area (TPSA) is 117 Å². The van der Waals surface area contributed by atoms with Crippen LogP contribution < -0.4 is 14.9 Å². The first-order valence-corrected chi connectivity index (χ1v) is 14.5. The van der Waals surface area contributed by atoms with E-state index in [1.165, 1.54) is 17.4 Å². The second kappa shape index (κ2) is 11.4. The molecule has 36 heavy (non-hydrogen) atoms. The van der Waals surface area contributed by atoms with Crippen molar-refractivity contribution in [2.75, 3.05) is 36.1 Å². The Morgan fingerprint density at radius 2 is 2.06 bits per heavy atom. The van der Waals surface area contributed by atoms with Crippen molar-refractivity contribution in [3.63, 3.8) is 0 Å². The number of hydrogen-bond donors (Lipinski definition) is 2. The molecule has 2 N–H and O–H groups in total. The average molecular weight is 550 g/mol. The third kappa shape index (κ3) is 6.45. The van der Waals surface area contributed by atoms with Crippen LogP contribution in [0.15, 0.2) is 41.1 Å². The molecule has 192 valence electrons. The predicted molar refractivity (Wildman–Crippen MR) is 144 cm³/mol. The fourth-order valence-electron chi connectivity index (χ4n) is 3.96. The highest BCUT2D eigenvalue weighted by atomic mass is 35.5. The van der Waals surface area contributed by atoms with Crippen molar-refractivity contribution in [2.45, 2.75) is 26.2 Å². The largest absolute Gasteiger partial charge is 0.441 e. The van der Waals surface area contributed by atoms with E-state index in [1.807, 2.05) is 20.0 Å². The number of pyridine rings is 1. The van der Waals surface area contributed by atoms with Gasteiger partial charge in [0.1, 0.15) is 5.76 Å². The third-order valence-corrected chi connectivity index (χ3v) is 8.24. The fraction of sp³-hybridized carbons (Fsp3) is 0.375. The van der Waals surface area contributed by atoms with E-state index in [2.05, 4.69) is 24.9 Å². The summed E-state index contributed by atoms with van der Waals surface area (Å²) >= 11 is 7.23. The standard InChI is InChI=1S/C24H28ClN5O4S2/c1-3-18-15-28-24(34-18)17-13-20(26-2)22(27-14-17)30-10-8-16(9-11-30)23(31)29-36(32,33)12-4-5-19-6-7-21(25)35-19/h4-7,13-16,26H,3,8-12H2,1-2H3,(H,29,31). The maximum atomic E-state index is 12.7. The number of thiophene rings is 1. The lowest BCUT2D eigenvalue weighted by Crippen LogP contribution is -2.43. The molecular weight excluding hydrogens is 522 g/mol. The number of carbonyl (C=O) groups excluding carboxylic acids is 1. The maximum absolute atomic E-state index is 12.7. The maximum Gasteiger partial charge on any atom is 0.238 e. The molecule has 1 aliphatic rings. The van der Waals surface area contributed by atoms with Gasteiger partial charge in [0.05, 0.1) is 27.5 Å². The Labute approximate surface area is 219 Å². The number of rotatable bonds is 9. The number of aromatic nitrogens is 2.